The molecule has 0 saturated heterocycles. The van der Waals surface area contributed by atoms with E-state index in [4.69, 9.17) is 0 Å². The molecule has 4 aromatic rings. The molecule has 142 valence electrons. The summed E-state index contributed by atoms with van der Waals surface area (Å²) in [6, 6.07) is 14.5. The van der Waals surface area contributed by atoms with E-state index in [2.05, 4.69) is 20.0 Å². The van der Waals surface area contributed by atoms with Crippen molar-refractivity contribution in [2.24, 2.45) is 0 Å². The molecule has 0 aliphatic heterocycles. The fourth-order valence-electron chi connectivity index (χ4n) is 3.39. The van der Waals surface area contributed by atoms with Gasteiger partial charge >= 0.3 is 0 Å². The van der Waals surface area contributed by atoms with E-state index in [0.29, 0.717) is 16.2 Å². The maximum absolute atomic E-state index is 12.9. The molecule has 4 rings (SSSR count). The number of sulfonamides is 1. The molecule has 0 spiro atoms. The Bertz CT molecular complexity index is 1250. The van der Waals surface area contributed by atoms with Crippen molar-refractivity contribution in [3.8, 4) is 11.3 Å². The van der Waals surface area contributed by atoms with Crippen molar-refractivity contribution in [1.82, 2.24) is 19.8 Å². The van der Waals surface area contributed by atoms with Gasteiger partial charge in [-0.1, -0.05) is 29.8 Å². The minimum Gasteiger partial charge on any atom is -0.280 e. The zero-order chi connectivity index (χ0) is 19.9. The third-order valence-electron chi connectivity index (χ3n) is 4.47. The number of nitrogens with one attached hydrogen (secondary N) is 1. The normalized spacial score (nSPS) is 11.7. The van der Waals surface area contributed by atoms with Gasteiger partial charge in [0.15, 0.2) is 5.65 Å². The molecule has 1 N–H and O–H groups in total. The highest BCUT2D eigenvalue weighted by Crippen LogP contribution is 2.26. The number of rotatable bonds is 4. The molecule has 8 heteroatoms. The molecule has 7 nitrogen and oxygen atoms in total. The second kappa shape index (κ2) is 6.72. The van der Waals surface area contributed by atoms with Gasteiger partial charge in [0.25, 0.3) is 10.0 Å². The number of hydrogen-bond acceptors (Lipinski definition) is 5. The lowest BCUT2D eigenvalue weighted by Gasteiger charge is -2.14. The van der Waals surface area contributed by atoms with Gasteiger partial charge in [0, 0.05) is 11.3 Å². The number of hydrogen-bond donors (Lipinski definition) is 1. The number of aryl methyl sites for hydroxylation is 3. The van der Waals surface area contributed by atoms with Gasteiger partial charge in [0.05, 0.1) is 10.6 Å². The summed E-state index contributed by atoms with van der Waals surface area (Å²) in [6.45, 7) is 5.57. The van der Waals surface area contributed by atoms with E-state index < -0.39 is 10.0 Å². The first-order valence-electron chi connectivity index (χ1n) is 8.72. The highest BCUT2D eigenvalue weighted by molar-refractivity contribution is 7.92. The van der Waals surface area contributed by atoms with E-state index in [1.165, 1.54) is 6.33 Å². The predicted molar refractivity (Wildman–Crippen MR) is 108 cm³/mol. The molecule has 0 aliphatic carbocycles. The van der Waals surface area contributed by atoms with Crippen LogP contribution in [0.3, 0.4) is 0 Å². The van der Waals surface area contributed by atoms with Crippen LogP contribution in [-0.4, -0.2) is 28.2 Å². The first kappa shape index (κ1) is 18.1. The molecule has 0 amide bonds. The average Bonchev–Trinajstić information content (AvgIpc) is 3.08. The summed E-state index contributed by atoms with van der Waals surface area (Å²) in [5.74, 6) is 0. The first-order chi connectivity index (χ1) is 13.3. The van der Waals surface area contributed by atoms with E-state index in [9.17, 15) is 8.42 Å². The number of aromatic nitrogens is 4. The Morgan fingerprint density at radius 3 is 2.29 bits per heavy atom. The Hall–Kier alpha value is -3.26. The average molecular weight is 393 g/mol. The van der Waals surface area contributed by atoms with Crippen molar-refractivity contribution < 1.29 is 8.42 Å². The number of fused-ring (bicyclic) bond motifs is 1. The number of anilines is 1. The van der Waals surface area contributed by atoms with Crippen molar-refractivity contribution in [1.29, 1.82) is 0 Å². The summed E-state index contributed by atoms with van der Waals surface area (Å²) in [7, 11) is -3.68. The standard InChI is InChI=1S/C20H19N5O2S/c1-13-10-14(2)20(15(3)11-13)28(26,27)24-17-6-4-16(5-7-17)18-8-9-19-22-21-12-25(19)23-18/h4-12,24H,1-3H3. The third-order valence-corrected chi connectivity index (χ3v) is 6.15. The van der Waals surface area contributed by atoms with Gasteiger partial charge in [-0.2, -0.15) is 9.61 Å². The Morgan fingerprint density at radius 2 is 1.61 bits per heavy atom. The monoisotopic (exact) mass is 393 g/mol. The van der Waals surface area contributed by atoms with Crippen molar-refractivity contribution in [2.45, 2.75) is 25.7 Å². The van der Waals surface area contributed by atoms with Gasteiger partial charge in [-0.15, -0.1) is 10.2 Å². The maximum Gasteiger partial charge on any atom is 0.262 e. The van der Waals surface area contributed by atoms with Crippen molar-refractivity contribution >= 4 is 21.4 Å². The fraction of sp³-hybridized carbons (Fsp3) is 0.150. The van der Waals surface area contributed by atoms with Crippen LogP contribution >= 0.6 is 0 Å². The van der Waals surface area contributed by atoms with Crippen LogP contribution < -0.4 is 4.72 Å². The Labute approximate surface area is 163 Å². The van der Waals surface area contributed by atoms with Crippen LogP contribution in [0.15, 0.2) is 59.8 Å². The van der Waals surface area contributed by atoms with Crippen molar-refractivity contribution in [3.05, 3.63) is 71.5 Å². The smallest absolute Gasteiger partial charge is 0.262 e. The molecule has 28 heavy (non-hydrogen) atoms. The van der Waals surface area contributed by atoms with Crippen LogP contribution in [0.4, 0.5) is 5.69 Å². The summed E-state index contributed by atoms with van der Waals surface area (Å²) in [4.78, 5) is 0.321. The maximum atomic E-state index is 12.9. The lowest BCUT2D eigenvalue weighted by Crippen LogP contribution is -2.15. The van der Waals surface area contributed by atoms with Gasteiger partial charge in [-0.3, -0.25) is 4.72 Å². The molecule has 0 aliphatic rings. The molecular weight excluding hydrogens is 374 g/mol. The zero-order valence-corrected chi connectivity index (χ0v) is 16.5. The van der Waals surface area contributed by atoms with Crippen LogP contribution in [0, 0.1) is 20.8 Å². The molecule has 2 aromatic heterocycles. The molecular formula is C20H19N5O2S. The topological polar surface area (TPSA) is 89.2 Å². The SMILES string of the molecule is Cc1cc(C)c(S(=O)(=O)Nc2ccc(-c3ccc4nncn4n3)cc2)c(C)c1. The van der Waals surface area contributed by atoms with Crippen LogP contribution in [0.1, 0.15) is 16.7 Å². The van der Waals surface area contributed by atoms with E-state index in [1.807, 2.05) is 57.2 Å². The molecule has 0 fully saturated rings. The third kappa shape index (κ3) is 3.34. The molecule has 0 unspecified atom stereocenters. The lowest BCUT2D eigenvalue weighted by atomic mass is 10.1. The van der Waals surface area contributed by atoms with Crippen LogP contribution in [0.25, 0.3) is 16.9 Å². The van der Waals surface area contributed by atoms with Gasteiger partial charge in [-0.05, 0) is 56.2 Å². The van der Waals surface area contributed by atoms with Gasteiger partial charge in [0.2, 0.25) is 0 Å². The highest BCUT2D eigenvalue weighted by atomic mass is 32.2. The van der Waals surface area contributed by atoms with E-state index in [-0.39, 0.29) is 0 Å². The van der Waals surface area contributed by atoms with E-state index >= 15 is 0 Å². The minimum absolute atomic E-state index is 0.321. The Balaban J connectivity index is 1.62. The summed E-state index contributed by atoms with van der Waals surface area (Å²) >= 11 is 0. The van der Waals surface area contributed by atoms with Crippen LogP contribution in [-0.2, 0) is 10.0 Å². The highest BCUT2D eigenvalue weighted by Gasteiger charge is 2.20. The van der Waals surface area contributed by atoms with Crippen LogP contribution in [0.2, 0.25) is 0 Å². The van der Waals surface area contributed by atoms with Gasteiger partial charge in [-0.25, -0.2) is 8.42 Å². The van der Waals surface area contributed by atoms with Crippen molar-refractivity contribution in [3.63, 3.8) is 0 Å². The molecule has 0 atom stereocenters. The van der Waals surface area contributed by atoms with E-state index in [1.54, 1.807) is 16.6 Å². The molecule has 0 bridgehead atoms. The Kier molecular flexibility index (Phi) is 4.35. The Morgan fingerprint density at radius 1 is 0.929 bits per heavy atom. The molecule has 0 radical (unpaired) electrons. The second-order valence-electron chi connectivity index (χ2n) is 6.76. The van der Waals surface area contributed by atoms with Gasteiger partial charge in [0.1, 0.15) is 6.33 Å². The van der Waals surface area contributed by atoms with Gasteiger partial charge < -0.3 is 0 Å². The summed E-state index contributed by atoms with van der Waals surface area (Å²) < 4.78 is 30.0. The quantitative estimate of drug-likeness (QED) is 0.573. The summed E-state index contributed by atoms with van der Waals surface area (Å²) in [5.41, 5.74) is 5.26. The first-order valence-corrected chi connectivity index (χ1v) is 10.2. The largest absolute Gasteiger partial charge is 0.280 e. The van der Waals surface area contributed by atoms with Crippen molar-refractivity contribution in [2.75, 3.05) is 4.72 Å². The lowest BCUT2D eigenvalue weighted by molar-refractivity contribution is 0.600. The predicted octanol–water partition coefficient (Wildman–Crippen LogP) is 3.52. The molecule has 2 heterocycles. The number of benzene rings is 2. The summed E-state index contributed by atoms with van der Waals surface area (Å²) in [6.07, 6.45) is 1.54. The minimum atomic E-state index is -3.68. The molecule has 0 saturated carbocycles. The van der Waals surface area contributed by atoms with E-state index in [0.717, 1.165) is 27.9 Å². The number of nitrogens with zero attached hydrogens (tertiary/aromatic N) is 4. The summed E-state index contributed by atoms with van der Waals surface area (Å²) in [5, 5.41) is 12.2. The fourth-order valence-corrected chi connectivity index (χ4v) is 4.90. The molecule has 2 aromatic carbocycles. The zero-order valence-electron chi connectivity index (χ0n) is 15.7. The van der Waals surface area contributed by atoms with Crippen LogP contribution in [0.5, 0.6) is 0 Å². The second-order valence-corrected chi connectivity index (χ2v) is 8.38.